The zero-order valence-electron chi connectivity index (χ0n) is 13.1. The van der Waals surface area contributed by atoms with Gasteiger partial charge in [0.1, 0.15) is 5.82 Å². The van der Waals surface area contributed by atoms with E-state index < -0.39 is 22.8 Å². The first-order valence-corrected chi connectivity index (χ1v) is 8.23. The van der Waals surface area contributed by atoms with Crippen molar-refractivity contribution < 1.29 is 9.18 Å². The summed E-state index contributed by atoms with van der Waals surface area (Å²) in [7, 11) is 0. The fourth-order valence-corrected chi connectivity index (χ4v) is 2.85. The van der Waals surface area contributed by atoms with Gasteiger partial charge in [0.15, 0.2) is 0 Å². The van der Waals surface area contributed by atoms with Crippen molar-refractivity contribution in [2.24, 2.45) is 0 Å². The smallest absolute Gasteiger partial charge is 0.316 e. The van der Waals surface area contributed by atoms with Gasteiger partial charge in [0.05, 0.1) is 16.7 Å². The van der Waals surface area contributed by atoms with Crippen LogP contribution < -0.4 is 16.4 Å². The van der Waals surface area contributed by atoms with Crippen LogP contribution in [0.25, 0.3) is 11.0 Å². The number of nitrogens with one attached hydrogen (secondary N) is 2. The number of carbonyl (C=O) groups excluding carboxylic acids is 1. The van der Waals surface area contributed by atoms with Gasteiger partial charge in [0, 0.05) is 16.6 Å². The molecule has 0 unspecified atom stereocenters. The van der Waals surface area contributed by atoms with Crippen LogP contribution in [-0.4, -0.2) is 15.5 Å². The number of fused-ring (bicyclic) bond motifs is 1. The Morgan fingerprint density at radius 2 is 2.00 bits per heavy atom. The number of halogens is 2. The number of amides is 1. The average Bonchev–Trinajstić information content (AvgIpc) is 2.58. The van der Waals surface area contributed by atoms with E-state index in [0.717, 1.165) is 0 Å². The van der Waals surface area contributed by atoms with Crippen LogP contribution in [0.5, 0.6) is 0 Å². The summed E-state index contributed by atoms with van der Waals surface area (Å²) in [5.74, 6) is -1.10. The van der Waals surface area contributed by atoms with Crippen LogP contribution in [0.15, 0.2) is 50.5 Å². The van der Waals surface area contributed by atoms with E-state index >= 15 is 0 Å². The molecule has 2 aromatic carbocycles. The number of rotatable bonds is 3. The second kappa shape index (κ2) is 6.64. The Morgan fingerprint density at radius 1 is 1.24 bits per heavy atom. The summed E-state index contributed by atoms with van der Waals surface area (Å²) in [6, 6.07) is 8.83. The summed E-state index contributed by atoms with van der Waals surface area (Å²) in [6.07, 6.45) is 0. The maximum absolute atomic E-state index is 13.8. The van der Waals surface area contributed by atoms with E-state index in [9.17, 15) is 18.8 Å². The van der Waals surface area contributed by atoms with Crippen LogP contribution in [0.1, 0.15) is 17.3 Å². The van der Waals surface area contributed by atoms with E-state index in [-0.39, 0.29) is 11.3 Å². The lowest BCUT2D eigenvalue weighted by molar-refractivity contribution is 0.102. The standard InChI is InChI=1S/C17H13BrFN3O3/c1-2-22-14-6-3-9(7-13(14)21-16(24)17(22)25)15(23)20-12-5-4-10(18)8-11(12)19/h3-8H,2H2,1H3,(H,20,23)(H,21,24). The molecule has 0 spiro atoms. The number of hydrogen-bond acceptors (Lipinski definition) is 3. The molecule has 0 saturated carbocycles. The zero-order chi connectivity index (χ0) is 18.1. The summed E-state index contributed by atoms with van der Waals surface area (Å²) in [6.45, 7) is 2.08. The van der Waals surface area contributed by atoms with Crippen LogP contribution in [-0.2, 0) is 6.54 Å². The Labute approximate surface area is 149 Å². The van der Waals surface area contributed by atoms with Gasteiger partial charge in [-0.3, -0.25) is 14.4 Å². The van der Waals surface area contributed by atoms with Gasteiger partial charge in [-0.15, -0.1) is 0 Å². The number of nitrogens with zero attached hydrogens (tertiary/aromatic N) is 1. The van der Waals surface area contributed by atoms with Gasteiger partial charge < -0.3 is 14.9 Å². The largest absolute Gasteiger partial charge is 0.319 e. The first-order valence-electron chi connectivity index (χ1n) is 7.44. The number of aromatic amines is 1. The molecule has 3 rings (SSSR count). The SMILES string of the molecule is CCn1c(=O)c(=O)[nH]c2cc(C(=O)Nc3ccc(Br)cc3F)ccc21. The van der Waals surface area contributed by atoms with Crippen molar-refractivity contribution in [3.05, 3.63) is 73.0 Å². The number of carbonyl (C=O) groups is 1. The van der Waals surface area contributed by atoms with E-state index in [4.69, 9.17) is 0 Å². The average molecular weight is 406 g/mol. The molecule has 0 bridgehead atoms. The molecule has 25 heavy (non-hydrogen) atoms. The summed E-state index contributed by atoms with van der Waals surface area (Å²) >= 11 is 3.15. The monoisotopic (exact) mass is 405 g/mol. The van der Waals surface area contributed by atoms with Crippen LogP contribution >= 0.6 is 15.9 Å². The molecular weight excluding hydrogens is 393 g/mol. The van der Waals surface area contributed by atoms with Crippen LogP contribution in [0.2, 0.25) is 0 Å². The van der Waals surface area contributed by atoms with Gasteiger partial charge >= 0.3 is 11.1 Å². The summed E-state index contributed by atoms with van der Waals surface area (Å²) in [4.78, 5) is 38.4. The second-order valence-corrected chi connectivity index (χ2v) is 6.23. The van der Waals surface area contributed by atoms with Gasteiger partial charge in [-0.25, -0.2) is 4.39 Å². The van der Waals surface area contributed by atoms with Gasteiger partial charge in [-0.05, 0) is 43.3 Å². The molecule has 1 heterocycles. The van der Waals surface area contributed by atoms with Crippen molar-refractivity contribution >= 4 is 38.6 Å². The summed E-state index contributed by atoms with van der Waals surface area (Å²) < 4.78 is 15.7. The van der Waals surface area contributed by atoms with Crippen molar-refractivity contribution in [1.29, 1.82) is 0 Å². The molecule has 0 fully saturated rings. The van der Waals surface area contributed by atoms with E-state index in [1.165, 1.54) is 28.8 Å². The fourth-order valence-electron chi connectivity index (χ4n) is 2.52. The Morgan fingerprint density at radius 3 is 2.68 bits per heavy atom. The van der Waals surface area contributed by atoms with Crippen molar-refractivity contribution in [2.45, 2.75) is 13.5 Å². The highest BCUT2D eigenvalue weighted by Gasteiger charge is 2.12. The number of anilines is 1. The topological polar surface area (TPSA) is 84.0 Å². The Bertz CT molecular complexity index is 1100. The van der Waals surface area contributed by atoms with Crippen LogP contribution in [0.4, 0.5) is 10.1 Å². The number of H-pyrrole nitrogens is 1. The number of aromatic nitrogens is 2. The first kappa shape index (κ1) is 17.1. The summed E-state index contributed by atoms with van der Waals surface area (Å²) in [5.41, 5.74) is -0.268. The second-order valence-electron chi connectivity index (χ2n) is 5.31. The number of benzene rings is 2. The van der Waals surface area contributed by atoms with E-state index in [1.807, 2.05) is 0 Å². The lowest BCUT2D eigenvalue weighted by Gasteiger charge is -2.10. The molecular formula is C17H13BrFN3O3. The predicted molar refractivity (Wildman–Crippen MR) is 96.6 cm³/mol. The molecule has 0 aliphatic carbocycles. The van der Waals surface area contributed by atoms with E-state index in [1.54, 1.807) is 19.1 Å². The molecule has 1 aromatic heterocycles. The van der Waals surface area contributed by atoms with Gasteiger partial charge in [-0.1, -0.05) is 15.9 Å². The van der Waals surface area contributed by atoms with Crippen molar-refractivity contribution in [1.82, 2.24) is 9.55 Å². The predicted octanol–water partition coefficient (Wildman–Crippen LogP) is 2.86. The zero-order valence-corrected chi connectivity index (χ0v) is 14.7. The highest BCUT2D eigenvalue weighted by Crippen LogP contribution is 2.20. The highest BCUT2D eigenvalue weighted by molar-refractivity contribution is 9.10. The highest BCUT2D eigenvalue weighted by atomic mass is 79.9. The maximum Gasteiger partial charge on any atom is 0.316 e. The number of aryl methyl sites for hydroxylation is 1. The minimum atomic E-state index is -0.758. The minimum Gasteiger partial charge on any atom is -0.319 e. The quantitative estimate of drug-likeness (QED) is 0.657. The van der Waals surface area contributed by atoms with E-state index in [2.05, 4.69) is 26.2 Å². The van der Waals surface area contributed by atoms with Crippen LogP contribution in [0.3, 0.4) is 0 Å². The molecule has 8 heteroatoms. The molecule has 128 valence electrons. The minimum absolute atomic E-state index is 0.0420. The molecule has 2 N–H and O–H groups in total. The van der Waals surface area contributed by atoms with Crippen molar-refractivity contribution in [2.75, 3.05) is 5.32 Å². The first-order chi connectivity index (χ1) is 11.9. The normalized spacial score (nSPS) is 10.8. The number of hydrogen-bond donors (Lipinski definition) is 2. The molecule has 3 aromatic rings. The third-order valence-electron chi connectivity index (χ3n) is 3.73. The lowest BCUT2D eigenvalue weighted by Crippen LogP contribution is -2.36. The molecule has 0 radical (unpaired) electrons. The molecule has 0 saturated heterocycles. The third kappa shape index (κ3) is 3.25. The fraction of sp³-hybridized carbons (Fsp3) is 0.118. The maximum atomic E-state index is 13.8. The van der Waals surface area contributed by atoms with Crippen LogP contribution in [0, 0.1) is 5.82 Å². The lowest BCUT2D eigenvalue weighted by atomic mass is 10.1. The van der Waals surface area contributed by atoms with Gasteiger partial charge in [-0.2, -0.15) is 0 Å². The molecule has 0 atom stereocenters. The molecule has 1 amide bonds. The molecule has 0 aliphatic rings. The third-order valence-corrected chi connectivity index (χ3v) is 4.23. The Balaban J connectivity index is 2.01. The van der Waals surface area contributed by atoms with Crippen molar-refractivity contribution in [3.8, 4) is 0 Å². The molecule has 0 aliphatic heterocycles. The van der Waals surface area contributed by atoms with E-state index in [0.29, 0.717) is 22.1 Å². The van der Waals surface area contributed by atoms with Gasteiger partial charge in [0.2, 0.25) is 0 Å². The summed E-state index contributed by atoms with van der Waals surface area (Å²) in [5, 5.41) is 2.48. The Kier molecular flexibility index (Phi) is 4.54. The van der Waals surface area contributed by atoms with Crippen molar-refractivity contribution in [3.63, 3.8) is 0 Å². The van der Waals surface area contributed by atoms with Gasteiger partial charge in [0.25, 0.3) is 5.91 Å². The molecule has 6 nitrogen and oxygen atoms in total. The Hall–Kier alpha value is -2.74.